The largest absolute Gasteiger partial charge is 0.269 e. The number of non-ortho nitro benzene ring substituents is 1. The summed E-state index contributed by atoms with van der Waals surface area (Å²) in [4.78, 5) is 10.2. The minimum absolute atomic E-state index is 0.0810. The average molecular weight is 318 g/mol. The molecule has 3 rings (SSSR count). The van der Waals surface area contributed by atoms with E-state index in [9.17, 15) is 18.5 Å². The number of rotatable bonds is 3. The molecule has 0 aliphatic carbocycles. The van der Waals surface area contributed by atoms with Crippen molar-refractivity contribution in [3.05, 3.63) is 69.8 Å². The monoisotopic (exact) mass is 318 g/mol. The lowest BCUT2D eigenvalue weighted by atomic mass is 10.0. The number of sulfonamides is 1. The van der Waals surface area contributed by atoms with Crippen LogP contribution in [0.3, 0.4) is 0 Å². The maximum absolute atomic E-state index is 12.6. The Hall–Kier alpha value is -2.25. The van der Waals surface area contributed by atoms with E-state index in [-0.39, 0.29) is 10.6 Å². The van der Waals surface area contributed by atoms with Crippen LogP contribution in [0.15, 0.2) is 53.4 Å². The Morgan fingerprint density at radius 1 is 1.00 bits per heavy atom. The third kappa shape index (κ3) is 2.60. The van der Waals surface area contributed by atoms with E-state index in [2.05, 4.69) is 0 Å². The van der Waals surface area contributed by atoms with Gasteiger partial charge in [0.15, 0.2) is 0 Å². The summed E-state index contributed by atoms with van der Waals surface area (Å²) >= 11 is 0. The van der Waals surface area contributed by atoms with Crippen molar-refractivity contribution in [3.63, 3.8) is 0 Å². The van der Waals surface area contributed by atoms with Crippen molar-refractivity contribution in [2.75, 3.05) is 6.54 Å². The van der Waals surface area contributed by atoms with Crippen LogP contribution in [0.2, 0.25) is 0 Å². The number of fused-ring (bicyclic) bond motifs is 1. The second kappa shape index (κ2) is 5.51. The zero-order valence-corrected chi connectivity index (χ0v) is 12.5. The molecule has 0 unspecified atom stereocenters. The van der Waals surface area contributed by atoms with Gasteiger partial charge in [0, 0.05) is 25.2 Å². The SMILES string of the molecule is O=[N+]([O-])c1ccc(S(=O)(=O)N2CCc3ccccc3C2)cc1. The van der Waals surface area contributed by atoms with Crippen molar-refractivity contribution in [2.45, 2.75) is 17.9 Å². The number of nitro groups is 1. The summed E-state index contributed by atoms with van der Waals surface area (Å²) in [5.41, 5.74) is 2.04. The summed E-state index contributed by atoms with van der Waals surface area (Å²) in [6.45, 7) is 0.742. The summed E-state index contributed by atoms with van der Waals surface area (Å²) in [5.74, 6) is 0. The molecule has 0 amide bonds. The van der Waals surface area contributed by atoms with Gasteiger partial charge in [-0.3, -0.25) is 10.1 Å². The third-order valence-corrected chi connectivity index (χ3v) is 5.64. The van der Waals surface area contributed by atoms with E-state index in [1.807, 2.05) is 24.3 Å². The van der Waals surface area contributed by atoms with Crippen molar-refractivity contribution in [3.8, 4) is 0 Å². The molecule has 0 saturated carbocycles. The fourth-order valence-electron chi connectivity index (χ4n) is 2.56. The van der Waals surface area contributed by atoms with Gasteiger partial charge in [-0.05, 0) is 29.7 Å². The van der Waals surface area contributed by atoms with Crippen molar-refractivity contribution < 1.29 is 13.3 Å². The quantitative estimate of drug-likeness (QED) is 0.642. The van der Waals surface area contributed by atoms with E-state index in [1.165, 1.54) is 28.6 Å². The van der Waals surface area contributed by atoms with Crippen LogP contribution in [0.4, 0.5) is 5.69 Å². The van der Waals surface area contributed by atoms with E-state index in [4.69, 9.17) is 0 Å². The first-order chi connectivity index (χ1) is 10.5. The van der Waals surface area contributed by atoms with Crippen molar-refractivity contribution in [1.82, 2.24) is 4.31 Å². The number of nitrogens with zero attached hydrogens (tertiary/aromatic N) is 2. The van der Waals surface area contributed by atoms with Crippen LogP contribution in [-0.4, -0.2) is 24.2 Å². The normalized spacial score (nSPS) is 15.3. The minimum atomic E-state index is -3.64. The molecule has 1 heterocycles. The zero-order valence-electron chi connectivity index (χ0n) is 11.7. The summed E-state index contributed by atoms with van der Waals surface area (Å²) in [6.07, 6.45) is 0.669. The molecule has 0 aromatic heterocycles. The van der Waals surface area contributed by atoms with E-state index in [1.54, 1.807) is 0 Å². The molecule has 2 aromatic rings. The van der Waals surface area contributed by atoms with E-state index in [0.29, 0.717) is 19.5 Å². The van der Waals surface area contributed by atoms with Crippen LogP contribution in [0.1, 0.15) is 11.1 Å². The molecule has 0 saturated heterocycles. The van der Waals surface area contributed by atoms with Crippen LogP contribution < -0.4 is 0 Å². The average Bonchev–Trinajstić information content (AvgIpc) is 2.54. The first kappa shape index (κ1) is 14.7. The van der Waals surface area contributed by atoms with Crippen LogP contribution in [0, 0.1) is 10.1 Å². The van der Waals surface area contributed by atoms with E-state index < -0.39 is 14.9 Å². The highest BCUT2D eigenvalue weighted by molar-refractivity contribution is 7.89. The lowest BCUT2D eigenvalue weighted by molar-refractivity contribution is -0.384. The molecule has 0 fully saturated rings. The highest BCUT2D eigenvalue weighted by Gasteiger charge is 2.28. The maximum Gasteiger partial charge on any atom is 0.269 e. The molecule has 0 bridgehead atoms. The Bertz CT molecular complexity index is 816. The Balaban J connectivity index is 1.89. The van der Waals surface area contributed by atoms with Crippen molar-refractivity contribution in [2.24, 2.45) is 0 Å². The molecule has 2 aromatic carbocycles. The summed E-state index contributed by atoms with van der Waals surface area (Å²) < 4.78 is 26.7. The number of benzene rings is 2. The highest BCUT2D eigenvalue weighted by atomic mass is 32.2. The Morgan fingerprint density at radius 3 is 2.27 bits per heavy atom. The first-order valence-corrected chi connectivity index (χ1v) is 8.24. The topological polar surface area (TPSA) is 80.5 Å². The van der Waals surface area contributed by atoms with Gasteiger partial charge in [-0.2, -0.15) is 4.31 Å². The molecule has 0 radical (unpaired) electrons. The standard InChI is InChI=1S/C15H14N2O4S/c18-17(19)14-5-7-15(8-6-14)22(20,21)16-10-9-12-3-1-2-4-13(12)11-16/h1-8H,9-11H2. The molecule has 1 aliphatic heterocycles. The number of nitro benzene ring substituents is 1. The van der Waals surface area contributed by atoms with Crippen molar-refractivity contribution in [1.29, 1.82) is 0 Å². The Labute approximate surface area is 128 Å². The molecular weight excluding hydrogens is 304 g/mol. The molecular formula is C15H14N2O4S. The smallest absolute Gasteiger partial charge is 0.258 e. The molecule has 6 nitrogen and oxygen atoms in total. The van der Waals surface area contributed by atoms with Gasteiger partial charge in [-0.15, -0.1) is 0 Å². The molecule has 22 heavy (non-hydrogen) atoms. The highest BCUT2D eigenvalue weighted by Crippen LogP contribution is 2.25. The molecule has 0 N–H and O–H groups in total. The number of hydrogen-bond acceptors (Lipinski definition) is 4. The van der Waals surface area contributed by atoms with Gasteiger partial charge in [0.1, 0.15) is 0 Å². The van der Waals surface area contributed by atoms with E-state index in [0.717, 1.165) is 11.1 Å². The lowest BCUT2D eigenvalue weighted by Crippen LogP contribution is -2.35. The predicted molar refractivity (Wildman–Crippen MR) is 80.8 cm³/mol. The second-order valence-corrected chi connectivity index (χ2v) is 7.05. The fourth-order valence-corrected chi connectivity index (χ4v) is 3.98. The van der Waals surface area contributed by atoms with E-state index >= 15 is 0 Å². The van der Waals surface area contributed by atoms with Gasteiger partial charge >= 0.3 is 0 Å². The molecule has 0 atom stereocenters. The zero-order chi connectivity index (χ0) is 15.7. The summed E-state index contributed by atoms with van der Waals surface area (Å²) in [6, 6.07) is 12.8. The van der Waals surface area contributed by atoms with Crippen molar-refractivity contribution >= 4 is 15.7 Å². The first-order valence-electron chi connectivity index (χ1n) is 6.80. The van der Waals surface area contributed by atoms with Crippen LogP contribution >= 0.6 is 0 Å². The van der Waals surface area contributed by atoms with Crippen LogP contribution in [-0.2, 0) is 23.0 Å². The molecule has 7 heteroatoms. The molecule has 114 valence electrons. The predicted octanol–water partition coefficient (Wildman–Crippen LogP) is 2.34. The second-order valence-electron chi connectivity index (χ2n) is 5.11. The fraction of sp³-hybridized carbons (Fsp3) is 0.200. The number of hydrogen-bond donors (Lipinski definition) is 0. The molecule has 1 aliphatic rings. The van der Waals surface area contributed by atoms with Crippen LogP contribution in [0.5, 0.6) is 0 Å². The lowest BCUT2D eigenvalue weighted by Gasteiger charge is -2.28. The van der Waals surface area contributed by atoms with Gasteiger partial charge < -0.3 is 0 Å². The van der Waals surface area contributed by atoms with Gasteiger partial charge in [-0.1, -0.05) is 24.3 Å². The van der Waals surface area contributed by atoms with Gasteiger partial charge in [0.25, 0.3) is 5.69 Å². The maximum atomic E-state index is 12.6. The third-order valence-electron chi connectivity index (χ3n) is 3.78. The van der Waals surface area contributed by atoms with Gasteiger partial charge in [0.2, 0.25) is 10.0 Å². The van der Waals surface area contributed by atoms with Crippen LogP contribution in [0.25, 0.3) is 0 Å². The summed E-state index contributed by atoms with van der Waals surface area (Å²) in [5, 5.41) is 10.6. The van der Waals surface area contributed by atoms with Gasteiger partial charge in [-0.25, -0.2) is 8.42 Å². The van der Waals surface area contributed by atoms with Gasteiger partial charge in [0.05, 0.1) is 9.82 Å². The Kier molecular flexibility index (Phi) is 3.67. The molecule has 0 spiro atoms. The summed E-state index contributed by atoms with van der Waals surface area (Å²) in [7, 11) is -3.64. The minimum Gasteiger partial charge on any atom is -0.258 e. The Morgan fingerprint density at radius 2 is 1.64 bits per heavy atom.